The number of halogens is 1. The molecule has 0 bridgehead atoms. The Morgan fingerprint density at radius 1 is 1.30 bits per heavy atom. The van der Waals surface area contributed by atoms with Crippen molar-refractivity contribution >= 4 is 17.4 Å². The summed E-state index contributed by atoms with van der Waals surface area (Å²) in [5.74, 6) is 1.63. The quantitative estimate of drug-likeness (QED) is 0.845. The number of nitrogens with zero attached hydrogens (tertiary/aromatic N) is 2. The zero-order valence-electron chi connectivity index (χ0n) is 13.0. The smallest absolute Gasteiger partial charge is 0.137 e. The number of hydrogen-bond acceptors (Lipinski definition) is 4. The van der Waals surface area contributed by atoms with E-state index in [1.54, 1.807) is 0 Å². The van der Waals surface area contributed by atoms with Gasteiger partial charge in [-0.25, -0.2) is 9.97 Å². The molecular formula is C15H24ClN3O. The van der Waals surface area contributed by atoms with Gasteiger partial charge in [0.1, 0.15) is 16.8 Å². The van der Waals surface area contributed by atoms with Crippen molar-refractivity contribution in [2.24, 2.45) is 0 Å². The van der Waals surface area contributed by atoms with E-state index in [2.05, 4.69) is 43.0 Å². The summed E-state index contributed by atoms with van der Waals surface area (Å²) >= 11 is 6.26. The molecule has 1 saturated heterocycles. The molecule has 2 atom stereocenters. The summed E-state index contributed by atoms with van der Waals surface area (Å²) in [4.78, 5) is 9.08. The third-order valence-corrected chi connectivity index (χ3v) is 3.95. The molecule has 0 aliphatic carbocycles. The molecule has 20 heavy (non-hydrogen) atoms. The predicted octanol–water partition coefficient (Wildman–Crippen LogP) is 3.72. The Bertz CT molecular complexity index is 485. The van der Waals surface area contributed by atoms with Crippen molar-refractivity contribution in [1.29, 1.82) is 0 Å². The lowest BCUT2D eigenvalue weighted by Crippen LogP contribution is -2.33. The van der Waals surface area contributed by atoms with Gasteiger partial charge in [0.2, 0.25) is 0 Å². The summed E-state index contributed by atoms with van der Waals surface area (Å²) in [5.41, 5.74) is 0.801. The molecule has 1 fully saturated rings. The average molecular weight is 298 g/mol. The molecule has 0 aromatic carbocycles. The van der Waals surface area contributed by atoms with Gasteiger partial charge in [0, 0.05) is 23.6 Å². The first kappa shape index (κ1) is 15.5. The van der Waals surface area contributed by atoms with Gasteiger partial charge < -0.3 is 10.1 Å². The maximum absolute atomic E-state index is 6.26. The number of hydrogen-bond donors (Lipinski definition) is 1. The molecule has 0 radical (unpaired) electrons. The van der Waals surface area contributed by atoms with Gasteiger partial charge in [-0.3, -0.25) is 0 Å². The van der Waals surface area contributed by atoms with E-state index >= 15 is 0 Å². The highest BCUT2D eigenvalue weighted by Gasteiger charge is 2.24. The van der Waals surface area contributed by atoms with Crippen LogP contribution < -0.4 is 5.32 Å². The fraction of sp³-hybridized carbons (Fsp3) is 0.733. The second-order valence-corrected chi connectivity index (χ2v) is 6.97. The molecule has 1 aromatic heterocycles. The molecule has 0 amide bonds. The number of rotatable bonds is 2. The maximum atomic E-state index is 6.26. The largest absolute Gasteiger partial charge is 0.378 e. The number of ether oxygens (including phenoxy) is 1. The van der Waals surface area contributed by atoms with Crippen LogP contribution in [0.25, 0.3) is 0 Å². The van der Waals surface area contributed by atoms with E-state index in [0.29, 0.717) is 17.3 Å². The Balaban J connectivity index is 2.24. The molecule has 112 valence electrons. The molecule has 1 aliphatic heterocycles. The topological polar surface area (TPSA) is 47.0 Å². The maximum Gasteiger partial charge on any atom is 0.137 e. The molecule has 2 rings (SSSR count). The number of nitrogens with one attached hydrogen (secondary N) is 1. The molecule has 0 saturated carbocycles. The first-order valence-electron chi connectivity index (χ1n) is 7.20. The Kier molecular flexibility index (Phi) is 4.55. The highest BCUT2D eigenvalue weighted by Crippen LogP contribution is 2.27. The Morgan fingerprint density at radius 2 is 2.00 bits per heavy atom. The lowest BCUT2D eigenvalue weighted by Gasteiger charge is -2.29. The minimum Gasteiger partial charge on any atom is -0.378 e. The third-order valence-electron chi connectivity index (χ3n) is 3.58. The Hall–Kier alpha value is -0.870. The van der Waals surface area contributed by atoms with Crippen LogP contribution in [0.4, 0.5) is 5.82 Å². The Morgan fingerprint density at radius 3 is 2.60 bits per heavy atom. The van der Waals surface area contributed by atoms with Gasteiger partial charge in [-0.1, -0.05) is 32.4 Å². The van der Waals surface area contributed by atoms with E-state index < -0.39 is 0 Å². The van der Waals surface area contributed by atoms with Crippen molar-refractivity contribution in [3.63, 3.8) is 0 Å². The fourth-order valence-corrected chi connectivity index (χ4v) is 2.46. The standard InChI is InChI=1S/C15H24ClN3O/c1-9-8-11(6-7-20-9)17-13-10(2)12(16)18-14(19-13)15(3,4)5/h9,11H,6-8H2,1-5H3,(H,17,18,19). The second-order valence-electron chi connectivity index (χ2n) is 6.61. The van der Waals surface area contributed by atoms with Gasteiger partial charge in [-0.05, 0) is 26.7 Å². The molecule has 2 unspecified atom stereocenters. The van der Waals surface area contributed by atoms with Gasteiger partial charge in [0.15, 0.2) is 0 Å². The van der Waals surface area contributed by atoms with E-state index in [4.69, 9.17) is 16.3 Å². The molecule has 2 heterocycles. The highest BCUT2D eigenvalue weighted by molar-refractivity contribution is 6.30. The van der Waals surface area contributed by atoms with Crippen LogP contribution in [0.1, 0.15) is 51.9 Å². The van der Waals surface area contributed by atoms with Gasteiger partial charge >= 0.3 is 0 Å². The lowest BCUT2D eigenvalue weighted by molar-refractivity contribution is 0.0231. The van der Waals surface area contributed by atoms with Gasteiger partial charge in [0.05, 0.1) is 6.10 Å². The molecular weight excluding hydrogens is 274 g/mol. The molecule has 4 nitrogen and oxygen atoms in total. The summed E-state index contributed by atoms with van der Waals surface area (Å²) in [6, 6.07) is 0.385. The summed E-state index contributed by atoms with van der Waals surface area (Å²) in [6.45, 7) is 11.1. The van der Waals surface area contributed by atoms with Crippen molar-refractivity contribution in [3.8, 4) is 0 Å². The van der Waals surface area contributed by atoms with Crippen LogP contribution in [-0.4, -0.2) is 28.7 Å². The van der Waals surface area contributed by atoms with Crippen LogP contribution in [0, 0.1) is 6.92 Å². The van der Waals surface area contributed by atoms with Crippen molar-refractivity contribution < 1.29 is 4.74 Å². The minimum absolute atomic E-state index is 0.114. The van der Waals surface area contributed by atoms with Crippen LogP contribution in [0.15, 0.2) is 0 Å². The van der Waals surface area contributed by atoms with Crippen LogP contribution in [0.3, 0.4) is 0 Å². The first-order chi connectivity index (χ1) is 9.27. The molecule has 1 aromatic rings. The van der Waals surface area contributed by atoms with Crippen molar-refractivity contribution in [3.05, 3.63) is 16.5 Å². The first-order valence-corrected chi connectivity index (χ1v) is 7.58. The summed E-state index contributed by atoms with van der Waals surface area (Å²) < 4.78 is 5.58. The SMILES string of the molecule is Cc1c(Cl)nc(C(C)(C)C)nc1NC1CCOC(C)C1. The zero-order valence-corrected chi connectivity index (χ0v) is 13.7. The van der Waals surface area contributed by atoms with Crippen LogP contribution in [0.5, 0.6) is 0 Å². The molecule has 1 aliphatic rings. The molecule has 0 spiro atoms. The zero-order chi connectivity index (χ0) is 14.9. The minimum atomic E-state index is -0.114. The van der Waals surface area contributed by atoms with Crippen molar-refractivity contribution in [2.75, 3.05) is 11.9 Å². The summed E-state index contributed by atoms with van der Waals surface area (Å²) in [7, 11) is 0. The molecule has 5 heteroatoms. The van der Waals surface area contributed by atoms with Crippen LogP contribution >= 0.6 is 11.6 Å². The number of anilines is 1. The molecule has 1 N–H and O–H groups in total. The average Bonchev–Trinajstić information content (AvgIpc) is 2.33. The van der Waals surface area contributed by atoms with Crippen LogP contribution in [0.2, 0.25) is 5.15 Å². The predicted molar refractivity (Wildman–Crippen MR) is 82.5 cm³/mol. The monoisotopic (exact) mass is 297 g/mol. The van der Waals surface area contributed by atoms with Crippen molar-refractivity contribution in [2.45, 2.75) is 65.0 Å². The normalized spacial score (nSPS) is 23.7. The van der Waals surface area contributed by atoms with Crippen LogP contribution in [-0.2, 0) is 10.2 Å². The van der Waals surface area contributed by atoms with Crippen molar-refractivity contribution in [1.82, 2.24) is 9.97 Å². The number of aromatic nitrogens is 2. The van der Waals surface area contributed by atoms with E-state index in [-0.39, 0.29) is 5.41 Å². The second kappa shape index (κ2) is 5.86. The van der Waals surface area contributed by atoms with E-state index in [0.717, 1.165) is 36.7 Å². The summed E-state index contributed by atoms with van der Waals surface area (Å²) in [6.07, 6.45) is 2.28. The fourth-order valence-electron chi connectivity index (χ4n) is 2.29. The van der Waals surface area contributed by atoms with Gasteiger partial charge in [-0.15, -0.1) is 0 Å². The summed E-state index contributed by atoms with van der Waals surface area (Å²) in [5, 5.41) is 4.05. The van der Waals surface area contributed by atoms with E-state index in [1.807, 2.05) is 6.92 Å². The lowest BCUT2D eigenvalue weighted by atomic mass is 9.95. The van der Waals surface area contributed by atoms with E-state index in [1.165, 1.54) is 0 Å². The Labute approximate surface area is 126 Å². The third kappa shape index (κ3) is 3.61. The van der Waals surface area contributed by atoms with Gasteiger partial charge in [-0.2, -0.15) is 0 Å². The van der Waals surface area contributed by atoms with Gasteiger partial charge in [0.25, 0.3) is 0 Å². The highest BCUT2D eigenvalue weighted by atomic mass is 35.5. The van der Waals surface area contributed by atoms with E-state index in [9.17, 15) is 0 Å².